The molecule has 0 unspecified atom stereocenters. The maximum Gasteiger partial charge on any atom is 0.335 e. The van der Waals surface area contributed by atoms with Crippen molar-refractivity contribution in [2.45, 2.75) is 34.5 Å². The van der Waals surface area contributed by atoms with Gasteiger partial charge in [-0.25, -0.2) is 4.79 Å². The highest BCUT2D eigenvalue weighted by Gasteiger charge is 2.49. The average molecular weight is 339 g/mol. The first-order valence-corrected chi connectivity index (χ1v) is 5.94. The molecule has 0 aliphatic carbocycles. The molecule has 1 aliphatic rings. The zero-order valence-electron chi connectivity index (χ0n) is 9.03. The number of carboxylic acids is 1. The molecule has 1 saturated heterocycles. The number of aliphatic hydroxyl groups is 3. The Labute approximate surface area is 121 Å². The van der Waals surface area contributed by atoms with Gasteiger partial charge in [0.05, 0.1) is 0 Å². The van der Waals surface area contributed by atoms with Crippen molar-refractivity contribution in [2.24, 2.45) is 0 Å². The van der Waals surface area contributed by atoms with Crippen LogP contribution in [-0.2, 0) is 14.3 Å². The Morgan fingerprint density at radius 2 is 1.68 bits per heavy atom. The minimum Gasteiger partial charge on any atom is -0.479 e. The van der Waals surface area contributed by atoms with E-state index in [-0.39, 0.29) is 0 Å². The van der Waals surface area contributed by atoms with Crippen LogP contribution in [0.2, 0.25) is 0 Å². The SMILES string of the molecule is N=C(O[C@@H]1O[C@H](C(=O)O)[C@@H](O)[C@H](O)[C@H]1O)C(Cl)(Cl)Cl. The van der Waals surface area contributed by atoms with Crippen LogP contribution in [0.15, 0.2) is 0 Å². The average Bonchev–Trinajstić information content (AvgIpc) is 2.28. The highest BCUT2D eigenvalue weighted by Crippen LogP contribution is 2.30. The quantitative estimate of drug-likeness (QED) is 0.253. The summed E-state index contributed by atoms with van der Waals surface area (Å²) in [4.78, 5) is 10.8. The van der Waals surface area contributed by atoms with Gasteiger partial charge in [0, 0.05) is 0 Å². The molecule has 1 aliphatic heterocycles. The first-order chi connectivity index (χ1) is 8.55. The van der Waals surface area contributed by atoms with Crippen LogP contribution in [0.3, 0.4) is 0 Å². The summed E-state index contributed by atoms with van der Waals surface area (Å²) in [7, 11) is 0. The molecule has 0 aromatic rings. The van der Waals surface area contributed by atoms with Crippen LogP contribution in [0.4, 0.5) is 0 Å². The summed E-state index contributed by atoms with van der Waals surface area (Å²) < 4.78 is 7.11. The van der Waals surface area contributed by atoms with Crippen LogP contribution >= 0.6 is 34.8 Å². The largest absolute Gasteiger partial charge is 0.479 e. The monoisotopic (exact) mass is 337 g/mol. The van der Waals surface area contributed by atoms with Crippen molar-refractivity contribution in [3.63, 3.8) is 0 Å². The van der Waals surface area contributed by atoms with Crippen LogP contribution in [0.1, 0.15) is 0 Å². The minimum absolute atomic E-state index is 0.936. The number of hydrogen-bond acceptors (Lipinski definition) is 7. The number of nitrogens with one attached hydrogen (secondary N) is 1. The number of aliphatic hydroxyl groups excluding tert-OH is 3. The molecular formula is C8H10Cl3NO7. The lowest BCUT2D eigenvalue weighted by Gasteiger charge is -2.38. The molecule has 0 bridgehead atoms. The maximum absolute atomic E-state index is 10.8. The Kier molecular flexibility index (Phi) is 5.24. The van der Waals surface area contributed by atoms with Gasteiger partial charge < -0.3 is 29.9 Å². The summed E-state index contributed by atoms with van der Waals surface area (Å²) in [6.45, 7) is 0. The lowest BCUT2D eigenvalue weighted by molar-refractivity contribution is -0.275. The van der Waals surface area contributed by atoms with Gasteiger partial charge in [0.15, 0.2) is 6.10 Å². The fourth-order valence-corrected chi connectivity index (χ4v) is 1.47. The van der Waals surface area contributed by atoms with Crippen molar-refractivity contribution < 1.29 is 34.7 Å². The summed E-state index contributed by atoms with van der Waals surface area (Å²) in [5, 5.41) is 44.4. The molecule has 0 spiro atoms. The summed E-state index contributed by atoms with van der Waals surface area (Å²) in [5.41, 5.74) is 0. The second kappa shape index (κ2) is 5.96. The van der Waals surface area contributed by atoms with Crippen LogP contribution < -0.4 is 0 Å². The van der Waals surface area contributed by atoms with Gasteiger partial charge in [0.25, 0.3) is 3.79 Å². The zero-order valence-corrected chi connectivity index (χ0v) is 11.3. The van der Waals surface area contributed by atoms with Crippen LogP contribution in [0, 0.1) is 5.41 Å². The fraction of sp³-hybridized carbons (Fsp3) is 0.750. The molecule has 5 atom stereocenters. The number of carboxylic acid groups (broad SMARTS) is 1. The van der Waals surface area contributed by atoms with E-state index in [1.807, 2.05) is 0 Å². The molecule has 1 heterocycles. The third-order valence-corrected chi connectivity index (χ3v) is 2.82. The molecule has 0 aromatic heterocycles. The highest BCUT2D eigenvalue weighted by molar-refractivity contribution is 6.76. The highest BCUT2D eigenvalue weighted by atomic mass is 35.6. The van der Waals surface area contributed by atoms with E-state index >= 15 is 0 Å². The molecule has 1 rings (SSSR count). The maximum atomic E-state index is 10.8. The zero-order chi connectivity index (χ0) is 15.0. The Morgan fingerprint density at radius 1 is 1.16 bits per heavy atom. The van der Waals surface area contributed by atoms with E-state index in [1.165, 1.54) is 0 Å². The Hall–Kier alpha value is -0.350. The number of halogens is 3. The second-order valence-electron chi connectivity index (χ2n) is 3.68. The van der Waals surface area contributed by atoms with E-state index in [1.54, 1.807) is 0 Å². The van der Waals surface area contributed by atoms with Gasteiger partial charge in [-0.2, -0.15) is 0 Å². The molecule has 0 aromatic carbocycles. The molecule has 0 saturated carbocycles. The summed E-state index contributed by atoms with van der Waals surface area (Å²) in [6, 6.07) is 0. The normalized spacial score (nSPS) is 35.8. The van der Waals surface area contributed by atoms with Crippen molar-refractivity contribution in [3.8, 4) is 0 Å². The Balaban J connectivity index is 2.83. The lowest BCUT2D eigenvalue weighted by Crippen LogP contribution is -2.60. The standard InChI is InChI=1S/C8H10Cl3NO7/c9-8(10,11)7(12)19-6-3(15)1(13)2(14)4(18-6)5(16)17/h1-4,6,12-15H,(H,16,17)/t1-,2-,3+,4-,6-/m0/s1. The minimum atomic E-state index is -2.25. The van der Waals surface area contributed by atoms with Crippen molar-refractivity contribution >= 4 is 46.7 Å². The Bertz CT molecular complexity index is 374. The summed E-state index contributed by atoms with van der Waals surface area (Å²) >= 11 is 16.0. The van der Waals surface area contributed by atoms with Gasteiger partial charge in [-0.15, -0.1) is 0 Å². The molecule has 5 N–H and O–H groups in total. The van der Waals surface area contributed by atoms with Gasteiger partial charge in [0.1, 0.15) is 18.3 Å². The predicted molar refractivity (Wildman–Crippen MR) is 63.4 cm³/mol. The number of alkyl halides is 3. The predicted octanol–water partition coefficient (Wildman–Crippen LogP) is -0.757. The van der Waals surface area contributed by atoms with E-state index in [9.17, 15) is 20.1 Å². The summed E-state index contributed by atoms with van der Waals surface area (Å²) in [6.07, 6.45) is -9.18. The van der Waals surface area contributed by atoms with Crippen LogP contribution in [0.25, 0.3) is 0 Å². The van der Waals surface area contributed by atoms with Gasteiger partial charge in [-0.05, 0) is 0 Å². The van der Waals surface area contributed by atoms with Crippen molar-refractivity contribution in [1.82, 2.24) is 0 Å². The first-order valence-electron chi connectivity index (χ1n) is 4.80. The molecule has 110 valence electrons. The van der Waals surface area contributed by atoms with Crippen molar-refractivity contribution in [1.29, 1.82) is 5.41 Å². The van der Waals surface area contributed by atoms with Crippen molar-refractivity contribution in [3.05, 3.63) is 0 Å². The van der Waals surface area contributed by atoms with Gasteiger partial charge in [-0.1, -0.05) is 34.8 Å². The van der Waals surface area contributed by atoms with Gasteiger partial charge in [-0.3, -0.25) is 5.41 Å². The number of rotatable bonds is 2. The second-order valence-corrected chi connectivity index (χ2v) is 5.96. The molecule has 19 heavy (non-hydrogen) atoms. The third-order valence-electron chi connectivity index (χ3n) is 2.30. The number of ether oxygens (including phenoxy) is 2. The smallest absolute Gasteiger partial charge is 0.335 e. The van der Waals surface area contributed by atoms with Gasteiger partial charge in [0.2, 0.25) is 12.2 Å². The van der Waals surface area contributed by atoms with E-state index in [0.717, 1.165) is 0 Å². The van der Waals surface area contributed by atoms with E-state index < -0.39 is 46.4 Å². The van der Waals surface area contributed by atoms with E-state index in [2.05, 4.69) is 4.74 Å². The van der Waals surface area contributed by atoms with E-state index in [4.69, 9.17) is 50.1 Å². The van der Waals surface area contributed by atoms with Crippen molar-refractivity contribution in [2.75, 3.05) is 0 Å². The number of carbonyl (C=O) groups is 1. The number of aliphatic carboxylic acids is 1. The van der Waals surface area contributed by atoms with Crippen LogP contribution in [0.5, 0.6) is 0 Å². The lowest BCUT2D eigenvalue weighted by atomic mass is 9.99. The van der Waals surface area contributed by atoms with E-state index in [0.29, 0.717) is 0 Å². The molecular weight excluding hydrogens is 328 g/mol. The first kappa shape index (κ1) is 16.7. The van der Waals surface area contributed by atoms with Gasteiger partial charge >= 0.3 is 5.97 Å². The summed E-state index contributed by atoms with van der Waals surface area (Å²) in [5.74, 6) is -2.53. The fourth-order valence-electron chi connectivity index (χ4n) is 1.33. The molecule has 0 radical (unpaired) electrons. The Morgan fingerprint density at radius 3 is 2.11 bits per heavy atom. The molecule has 1 fully saturated rings. The molecule has 0 amide bonds. The third kappa shape index (κ3) is 3.82. The topological polar surface area (TPSA) is 140 Å². The van der Waals surface area contributed by atoms with Crippen LogP contribution in [-0.4, -0.2) is 66.8 Å². The molecule has 8 nitrogen and oxygen atoms in total. The number of hydrogen-bond donors (Lipinski definition) is 5. The molecule has 11 heteroatoms.